The van der Waals surface area contributed by atoms with Crippen molar-refractivity contribution in [1.29, 1.82) is 0 Å². The Morgan fingerprint density at radius 2 is 2.07 bits per heavy atom. The highest BCUT2D eigenvalue weighted by Gasteiger charge is 2.43. The van der Waals surface area contributed by atoms with Gasteiger partial charge < -0.3 is 10.0 Å². The van der Waals surface area contributed by atoms with Gasteiger partial charge in [-0.15, -0.1) is 0 Å². The first-order valence-corrected chi connectivity index (χ1v) is 9.73. The van der Waals surface area contributed by atoms with Gasteiger partial charge in [-0.2, -0.15) is 0 Å². The summed E-state index contributed by atoms with van der Waals surface area (Å²) in [7, 11) is 0. The zero-order valence-electron chi connectivity index (χ0n) is 15.8. The molecular formula is C21H25FN4O2. The number of β-amino-alcohol motifs (C(OH)–C–C–N with tert-alkyl or cyclic N) is 1. The molecular weight excluding hydrogens is 359 g/mol. The number of aliphatic hydroxyl groups is 1. The highest BCUT2D eigenvalue weighted by molar-refractivity contribution is 5.94. The number of hydrogen-bond acceptors (Lipinski definition) is 5. The van der Waals surface area contributed by atoms with E-state index in [9.17, 15) is 14.3 Å². The Balaban J connectivity index is 1.39. The maximum Gasteiger partial charge on any atom is 0.255 e. The molecule has 1 spiro atoms. The molecule has 0 bridgehead atoms. The number of aromatic nitrogens is 2. The number of carbonyl (C=O) groups is 1. The molecule has 2 fully saturated rings. The van der Waals surface area contributed by atoms with Crippen LogP contribution in [0.2, 0.25) is 0 Å². The largest absolute Gasteiger partial charge is 0.391 e. The standard InChI is InChI=1S/C21H25FN4O2/c22-17-3-4-18(24-12-17)13-25-8-5-21(6-9-25)10-19(27)14-26(15-21)20(28)16-2-1-7-23-11-16/h1-4,7,11-12,19,27H,5-6,8-10,13-15H2. The van der Waals surface area contributed by atoms with Crippen LogP contribution in [0.25, 0.3) is 0 Å². The van der Waals surface area contributed by atoms with Crippen LogP contribution in [0.15, 0.2) is 42.9 Å². The van der Waals surface area contributed by atoms with Crippen LogP contribution in [0.3, 0.4) is 0 Å². The first-order valence-electron chi connectivity index (χ1n) is 9.73. The predicted molar refractivity (Wildman–Crippen MR) is 102 cm³/mol. The van der Waals surface area contributed by atoms with Crippen molar-refractivity contribution in [3.05, 3.63) is 59.9 Å². The Kier molecular flexibility index (Phi) is 5.37. The third-order valence-electron chi connectivity index (χ3n) is 5.91. The summed E-state index contributed by atoms with van der Waals surface area (Å²) in [5, 5.41) is 10.5. The van der Waals surface area contributed by atoms with E-state index >= 15 is 0 Å². The fraction of sp³-hybridized carbons (Fsp3) is 0.476. The average Bonchev–Trinajstić information content (AvgIpc) is 2.71. The zero-order chi connectivity index (χ0) is 19.6. The Hall–Kier alpha value is -2.38. The van der Waals surface area contributed by atoms with Gasteiger partial charge in [0.2, 0.25) is 0 Å². The topological polar surface area (TPSA) is 69.6 Å². The average molecular weight is 384 g/mol. The number of carbonyl (C=O) groups excluding carboxylic acids is 1. The summed E-state index contributed by atoms with van der Waals surface area (Å²) in [5.41, 5.74) is 1.36. The van der Waals surface area contributed by atoms with Gasteiger partial charge in [0.25, 0.3) is 5.91 Å². The minimum Gasteiger partial charge on any atom is -0.391 e. The zero-order valence-corrected chi connectivity index (χ0v) is 15.8. The second kappa shape index (κ2) is 7.93. The van der Waals surface area contributed by atoms with Crippen molar-refractivity contribution < 1.29 is 14.3 Å². The molecule has 148 valence electrons. The van der Waals surface area contributed by atoms with Crippen LogP contribution >= 0.6 is 0 Å². The molecule has 1 atom stereocenters. The monoisotopic (exact) mass is 384 g/mol. The SMILES string of the molecule is O=C(c1cccnc1)N1CC(O)CC2(CCN(Cc3ccc(F)cn3)CC2)C1. The van der Waals surface area contributed by atoms with E-state index in [1.807, 2.05) is 0 Å². The molecule has 2 saturated heterocycles. The lowest BCUT2D eigenvalue weighted by Crippen LogP contribution is -2.55. The van der Waals surface area contributed by atoms with Gasteiger partial charge in [0.15, 0.2) is 0 Å². The maximum atomic E-state index is 13.0. The molecule has 1 amide bonds. The summed E-state index contributed by atoms with van der Waals surface area (Å²) >= 11 is 0. The van der Waals surface area contributed by atoms with Crippen molar-refractivity contribution in [3.8, 4) is 0 Å². The van der Waals surface area contributed by atoms with Crippen LogP contribution in [-0.2, 0) is 6.54 Å². The number of piperidine rings is 2. The molecule has 2 aliphatic heterocycles. The molecule has 7 heteroatoms. The number of rotatable bonds is 3. The van der Waals surface area contributed by atoms with Crippen LogP contribution in [-0.4, -0.2) is 63.1 Å². The van der Waals surface area contributed by atoms with Gasteiger partial charge in [0.05, 0.1) is 23.6 Å². The molecule has 2 aliphatic rings. The number of aliphatic hydroxyl groups excluding tert-OH is 1. The van der Waals surface area contributed by atoms with Crippen LogP contribution in [0, 0.1) is 11.2 Å². The Morgan fingerprint density at radius 3 is 2.75 bits per heavy atom. The van der Waals surface area contributed by atoms with Gasteiger partial charge in [-0.05, 0) is 62.0 Å². The van der Waals surface area contributed by atoms with E-state index in [4.69, 9.17) is 0 Å². The van der Waals surface area contributed by atoms with Crippen molar-refractivity contribution in [3.63, 3.8) is 0 Å². The molecule has 28 heavy (non-hydrogen) atoms. The second-order valence-corrected chi connectivity index (χ2v) is 8.03. The first-order chi connectivity index (χ1) is 13.5. The second-order valence-electron chi connectivity index (χ2n) is 8.03. The summed E-state index contributed by atoms with van der Waals surface area (Å²) in [6.45, 7) is 3.48. The van der Waals surface area contributed by atoms with E-state index in [1.165, 1.54) is 12.3 Å². The molecule has 0 aromatic carbocycles. The van der Waals surface area contributed by atoms with Crippen LogP contribution in [0.1, 0.15) is 35.3 Å². The first kappa shape index (κ1) is 19.0. The highest BCUT2D eigenvalue weighted by atomic mass is 19.1. The number of nitrogens with zero attached hydrogens (tertiary/aromatic N) is 4. The summed E-state index contributed by atoms with van der Waals surface area (Å²) in [6, 6.07) is 6.68. The highest BCUT2D eigenvalue weighted by Crippen LogP contribution is 2.40. The van der Waals surface area contributed by atoms with Crippen molar-refractivity contribution in [2.75, 3.05) is 26.2 Å². The molecule has 6 nitrogen and oxygen atoms in total. The molecule has 0 aliphatic carbocycles. The summed E-state index contributed by atoms with van der Waals surface area (Å²) < 4.78 is 13.0. The lowest BCUT2D eigenvalue weighted by molar-refractivity contribution is -0.0338. The summed E-state index contributed by atoms with van der Waals surface area (Å²) in [5.74, 6) is -0.389. The van der Waals surface area contributed by atoms with Gasteiger partial charge in [0.1, 0.15) is 5.82 Å². The number of pyridine rings is 2. The van der Waals surface area contributed by atoms with Gasteiger partial charge >= 0.3 is 0 Å². The summed E-state index contributed by atoms with van der Waals surface area (Å²) in [4.78, 5) is 25.1. The Morgan fingerprint density at radius 1 is 1.25 bits per heavy atom. The third kappa shape index (κ3) is 4.20. The van der Waals surface area contributed by atoms with Crippen LogP contribution < -0.4 is 0 Å². The predicted octanol–water partition coefficient (Wildman–Crippen LogP) is 2.10. The van der Waals surface area contributed by atoms with E-state index in [2.05, 4.69) is 14.9 Å². The molecule has 4 rings (SSSR count). The van der Waals surface area contributed by atoms with Gasteiger partial charge in [-0.3, -0.25) is 19.7 Å². The molecule has 2 aromatic rings. The van der Waals surface area contributed by atoms with Gasteiger partial charge in [-0.25, -0.2) is 4.39 Å². The van der Waals surface area contributed by atoms with Crippen molar-refractivity contribution in [2.24, 2.45) is 5.41 Å². The van der Waals surface area contributed by atoms with Gasteiger partial charge in [-0.1, -0.05) is 0 Å². The normalized spacial score (nSPS) is 22.4. The van der Waals surface area contributed by atoms with E-state index < -0.39 is 6.10 Å². The van der Waals surface area contributed by atoms with Crippen molar-refractivity contribution in [1.82, 2.24) is 19.8 Å². The van der Waals surface area contributed by atoms with Gasteiger partial charge in [0, 0.05) is 32.0 Å². The fourth-order valence-electron chi connectivity index (χ4n) is 4.46. The van der Waals surface area contributed by atoms with E-state index in [0.29, 0.717) is 25.2 Å². The van der Waals surface area contributed by atoms with Crippen molar-refractivity contribution in [2.45, 2.75) is 31.9 Å². The number of amides is 1. The number of hydrogen-bond donors (Lipinski definition) is 1. The summed E-state index contributed by atoms with van der Waals surface area (Å²) in [6.07, 6.45) is 6.54. The minimum atomic E-state index is -0.500. The third-order valence-corrected chi connectivity index (χ3v) is 5.91. The quantitative estimate of drug-likeness (QED) is 0.878. The maximum absolute atomic E-state index is 13.0. The fourth-order valence-corrected chi connectivity index (χ4v) is 4.46. The molecule has 0 radical (unpaired) electrons. The minimum absolute atomic E-state index is 0.0533. The molecule has 2 aromatic heterocycles. The lowest BCUT2D eigenvalue weighted by atomic mass is 9.71. The van der Waals surface area contributed by atoms with Crippen LogP contribution in [0.5, 0.6) is 0 Å². The molecule has 4 heterocycles. The Labute approximate surface area is 164 Å². The van der Waals surface area contributed by atoms with Crippen molar-refractivity contribution >= 4 is 5.91 Å². The smallest absolute Gasteiger partial charge is 0.255 e. The molecule has 0 saturated carbocycles. The number of likely N-dealkylation sites (tertiary alicyclic amines) is 2. The van der Waals surface area contributed by atoms with E-state index in [1.54, 1.807) is 35.5 Å². The molecule has 1 N–H and O–H groups in total. The van der Waals surface area contributed by atoms with Crippen LogP contribution in [0.4, 0.5) is 4.39 Å². The van der Waals surface area contributed by atoms with E-state index in [-0.39, 0.29) is 17.1 Å². The molecule has 1 unspecified atom stereocenters. The van der Waals surface area contributed by atoms with E-state index in [0.717, 1.165) is 38.0 Å². The number of halogens is 1. The lowest BCUT2D eigenvalue weighted by Gasteiger charge is -2.49. The Bertz CT molecular complexity index is 807.